The highest BCUT2D eigenvalue weighted by molar-refractivity contribution is 6.12. The van der Waals surface area contributed by atoms with Crippen LogP contribution in [0.4, 0.5) is 5.69 Å². The van der Waals surface area contributed by atoms with E-state index in [2.05, 4.69) is 15.4 Å². The van der Waals surface area contributed by atoms with Gasteiger partial charge in [0.1, 0.15) is 18.2 Å². The molecule has 1 heterocycles. The second-order valence-corrected chi connectivity index (χ2v) is 9.52. The van der Waals surface area contributed by atoms with E-state index in [-0.39, 0.29) is 12.2 Å². The van der Waals surface area contributed by atoms with Gasteiger partial charge in [-0.1, -0.05) is 84.9 Å². The Balaban J connectivity index is 1.25. The van der Waals surface area contributed by atoms with Crippen molar-refractivity contribution < 1.29 is 19.4 Å². The van der Waals surface area contributed by atoms with Crippen LogP contribution >= 0.6 is 0 Å². The third-order valence-corrected chi connectivity index (χ3v) is 6.66. The standard InChI is InChI=1S/C33H30N4O4/c1-23-34-33(26-12-6-3-7-13-26)36-37(23)20-21-41-27-18-16-24(17-19-27)30(22-31(38)39)35-29-15-9-8-14-28(29)32(40)25-10-4-2-5-11-25/h2-19,30,35H,20-22H2,1H3,(H,38,39). The number of nitrogens with zero attached hydrogens (tertiary/aromatic N) is 3. The molecule has 1 atom stereocenters. The number of anilines is 1. The van der Waals surface area contributed by atoms with Gasteiger partial charge in [-0.2, -0.15) is 5.10 Å². The summed E-state index contributed by atoms with van der Waals surface area (Å²) in [6.07, 6.45) is -0.163. The van der Waals surface area contributed by atoms with Crippen LogP contribution < -0.4 is 10.1 Å². The molecule has 1 unspecified atom stereocenters. The van der Waals surface area contributed by atoms with Crippen molar-refractivity contribution in [2.24, 2.45) is 0 Å². The number of aliphatic carboxylic acids is 1. The van der Waals surface area contributed by atoms with E-state index < -0.39 is 12.0 Å². The number of aryl methyl sites for hydroxylation is 1. The molecule has 0 saturated heterocycles. The number of carbonyl (C=O) groups is 2. The van der Waals surface area contributed by atoms with Crippen LogP contribution in [0.15, 0.2) is 109 Å². The van der Waals surface area contributed by atoms with Gasteiger partial charge in [0.15, 0.2) is 11.6 Å². The van der Waals surface area contributed by atoms with E-state index in [1.807, 2.05) is 90.5 Å². The van der Waals surface area contributed by atoms with E-state index in [9.17, 15) is 14.7 Å². The van der Waals surface area contributed by atoms with Crippen LogP contribution in [-0.2, 0) is 11.3 Å². The number of rotatable bonds is 12. The number of ketones is 1. The summed E-state index contributed by atoms with van der Waals surface area (Å²) < 4.78 is 7.76. The van der Waals surface area contributed by atoms with Gasteiger partial charge in [0.05, 0.1) is 19.0 Å². The number of carbonyl (C=O) groups excluding carboxylic acids is 1. The summed E-state index contributed by atoms with van der Waals surface area (Å²) in [5, 5.41) is 17.5. The van der Waals surface area contributed by atoms with Gasteiger partial charge in [-0.3, -0.25) is 9.59 Å². The van der Waals surface area contributed by atoms with Crippen LogP contribution in [0.5, 0.6) is 5.75 Å². The summed E-state index contributed by atoms with van der Waals surface area (Å²) in [6, 6.07) is 32.7. The minimum absolute atomic E-state index is 0.134. The quantitative estimate of drug-likeness (QED) is 0.180. The summed E-state index contributed by atoms with van der Waals surface area (Å²) >= 11 is 0. The second-order valence-electron chi connectivity index (χ2n) is 9.52. The maximum Gasteiger partial charge on any atom is 0.305 e. The number of nitrogens with one attached hydrogen (secondary N) is 1. The fraction of sp³-hybridized carbons (Fsp3) is 0.152. The number of hydrogen-bond donors (Lipinski definition) is 2. The molecule has 0 radical (unpaired) electrons. The Morgan fingerprint density at radius 2 is 1.54 bits per heavy atom. The van der Waals surface area contributed by atoms with E-state index >= 15 is 0 Å². The highest BCUT2D eigenvalue weighted by Crippen LogP contribution is 2.28. The Labute approximate surface area is 238 Å². The highest BCUT2D eigenvalue weighted by atomic mass is 16.5. The van der Waals surface area contributed by atoms with Crippen molar-refractivity contribution in [2.75, 3.05) is 11.9 Å². The smallest absolute Gasteiger partial charge is 0.305 e. The minimum Gasteiger partial charge on any atom is -0.492 e. The summed E-state index contributed by atoms with van der Waals surface area (Å²) in [7, 11) is 0. The molecule has 5 rings (SSSR count). The molecule has 2 N–H and O–H groups in total. The zero-order valence-electron chi connectivity index (χ0n) is 22.6. The van der Waals surface area contributed by atoms with E-state index in [4.69, 9.17) is 4.74 Å². The number of carboxylic acids is 1. The topological polar surface area (TPSA) is 106 Å². The van der Waals surface area contributed by atoms with Crippen LogP contribution in [0.2, 0.25) is 0 Å². The van der Waals surface area contributed by atoms with Crippen molar-refractivity contribution in [3.05, 3.63) is 132 Å². The van der Waals surface area contributed by atoms with E-state index in [0.29, 0.717) is 41.5 Å². The molecule has 0 saturated carbocycles. The van der Waals surface area contributed by atoms with Crippen molar-refractivity contribution in [1.29, 1.82) is 0 Å². The van der Waals surface area contributed by atoms with Crippen molar-refractivity contribution >= 4 is 17.4 Å². The zero-order chi connectivity index (χ0) is 28.6. The Bertz CT molecular complexity index is 1620. The van der Waals surface area contributed by atoms with Crippen LogP contribution in [0.1, 0.15) is 39.8 Å². The normalized spacial score (nSPS) is 11.5. The third-order valence-electron chi connectivity index (χ3n) is 6.66. The molecule has 0 fully saturated rings. The molecule has 41 heavy (non-hydrogen) atoms. The summed E-state index contributed by atoms with van der Waals surface area (Å²) in [6.45, 7) is 2.84. The lowest BCUT2D eigenvalue weighted by Crippen LogP contribution is -2.17. The third kappa shape index (κ3) is 6.86. The summed E-state index contributed by atoms with van der Waals surface area (Å²) in [5.74, 6) is 1.05. The molecule has 0 bridgehead atoms. The molecule has 0 aliphatic carbocycles. The van der Waals surface area contributed by atoms with Crippen molar-refractivity contribution in [1.82, 2.24) is 14.8 Å². The molecule has 206 valence electrons. The zero-order valence-corrected chi connectivity index (χ0v) is 22.6. The highest BCUT2D eigenvalue weighted by Gasteiger charge is 2.20. The van der Waals surface area contributed by atoms with Crippen LogP contribution in [0, 0.1) is 6.92 Å². The molecule has 0 aliphatic rings. The van der Waals surface area contributed by atoms with Crippen molar-refractivity contribution in [2.45, 2.75) is 25.9 Å². The molecule has 4 aromatic carbocycles. The van der Waals surface area contributed by atoms with Gasteiger partial charge in [0.2, 0.25) is 0 Å². The van der Waals surface area contributed by atoms with Gasteiger partial charge in [-0.25, -0.2) is 9.67 Å². The van der Waals surface area contributed by atoms with Crippen LogP contribution in [-0.4, -0.2) is 38.2 Å². The largest absolute Gasteiger partial charge is 0.492 e. The van der Waals surface area contributed by atoms with Crippen LogP contribution in [0.3, 0.4) is 0 Å². The minimum atomic E-state index is -0.951. The molecule has 0 spiro atoms. The molecule has 8 nitrogen and oxygen atoms in total. The van der Waals surface area contributed by atoms with E-state index in [0.717, 1.165) is 17.0 Å². The lowest BCUT2D eigenvalue weighted by Gasteiger charge is -2.21. The molecule has 1 aromatic heterocycles. The van der Waals surface area contributed by atoms with Crippen molar-refractivity contribution in [3.8, 4) is 17.1 Å². The molecular formula is C33H30N4O4. The molecule has 0 amide bonds. The predicted molar refractivity (Wildman–Crippen MR) is 157 cm³/mol. The number of para-hydroxylation sites is 1. The first-order chi connectivity index (χ1) is 20.0. The molecule has 5 aromatic rings. The number of aromatic nitrogens is 3. The maximum absolute atomic E-state index is 13.2. The van der Waals surface area contributed by atoms with Crippen molar-refractivity contribution in [3.63, 3.8) is 0 Å². The fourth-order valence-corrected chi connectivity index (χ4v) is 4.55. The van der Waals surface area contributed by atoms with Gasteiger partial charge in [0.25, 0.3) is 0 Å². The molecule has 0 aliphatic heterocycles. The lowest BCUT2D eigenvalue weighted by molar-refractivity contribution is -0.137. The summed E-state index contributed by atoms with van der Waals surface area (Å²) in [5.41, 5.74) is 3.35. The second kappa shape index (κ2) is 12.7. The van der Waals surface area contributed by atoms with Gasteiger partial charge >= 0.3 is 5.97 Å². The number of ether oxygens (including phenoxy) is 1. The van der Waals surface area contributed by atoms with E-state index in [1.54, 1.807) is 30.3 Å². The monoisotopic (exact) mass is 546 g/mol. The van der Waals surface area contributed by atoms with Gasteiger partial charge in [-0.05, 0) is 36.8 Å². The van der Waals surface area contributed by atoms with Gasteiger partial charge in [-0.15, -0.1) is 0 Å². The maximum atomic E-state index is 13.2. The lowest BCUT2D eigenvalue weighted by atomic mass is 9.99. The Morgan fingerprint density at radius 3 is 2.24 bits per heavy atom. The van der Waals surface area contributed by atoms with Gasteiger partial charge in [0, 0.05) is 22.4 Å². The molecular weight excluding hydrogens is 516 g/mol. The van der Waals surface area contributed by atoms with Gasteiger partial charge < -0.3 is 15.2 Å². The SMILES string of the molecule is Cc1nc(-c2ccccc2)nn1CCOc1ccc(C(CC(=O)O)Nc2ccccc2C(=O)c2ccccc2)cc1. The average Bonchev–Trinajstić information content (AvgIpc) is 3.38. The van der Waals surface area contributed by atoms with E-state index in [1.165, 1.54) is 0 Å². The Morgan fingerprint density at radius 1 is 0.878 bits per heavy atom. The first-order valence-electron chi connectivity index (χ1n) is 13.3. The Hall–Kier alpha value is -5.24. The predicted octanol–water partition coefficient (Wildman–Crippen LogP) is 6.19. The van der Waals surface area contributed by atoms with Crippen LogP contribution in [0.25, 0.3) is 11.4 Å². The Kier molecular flexibility index (Phi) is 8.49. The first kappa shape index (κ1) is 27.3. The number of benzene rings is 4. The summed E-state index contributed by atoms with van der Waals surface area (Å²) in [4.78, 5) is 29.4. The number of carboxylic acid groups (broad SMARTS) is 1. The fourth-order valence-electron chi connectivity index (χ4n) is 4.55. The first-order valence-corrected chi connectivity index (χ1v) is 13.3. The number of hydrogen-bond acceptors (Lipinski definition) is 6. The molecule has 8 heteroatoms. The average molecular weight is 547 g/mol.